The number of ether oxygens (including phenoxy) is 1. The summed E-state index contributed by atoms with van der Waals surface area (Å²) in [6.45, 7) is 1.99. The van der Waals surface area contributed by atoms with Gasteiger partial charge in [-0.1, -0.05) is 0 Å². The largest absolute Gasteiger partial charge is 0.381 e. The molecule has 7 nitrogen and oxygen atoms in total. The molecule has 0 unspecified atom stereocenters. The van der Waals surface area contributed by atoms with Crippen LogP contribution in [-0.2, 0) is 23.6 Å². The van der Waals surface area contributed by atoms with E-state index in [0.717, 1.165) is 23.5 Å². The van der Waals surface area contributed by atoms with E-state index in [1.165, 1.54) is 42.8 Å². The van der Waals surface area contributed by atoms with Gasteiger partial charge in [0.25, 0.3) is 5.56 Å². The Morgan fingerprint density at radius 3 is 2.83 bits per heavy atom. The van der Waals surface area contributed by atoms with Gasteiger partial charge < -0.3 is 14.6 Å². The third-order valence-electron chi connectivity index (χ3n) is 3.70. The second-order valence-electron chi connectivity index (χ2n) is 5.84. The Kier molecular flexibility index (Phi) is 5.92. The number of carbonyl (C=O) groups is 1. The first-order valence-corrected chi connectivity index (χ1v) is 7.79. The zero-order valence-electron chi connectivity index (χ0n) is 13.6. The predicted molar refractivity (Wildman–Crippen MR) is 87.1 cm³/mol. The zero-order valence-corrected chi connectivity index (χ0v) is 13.6. The average Bonchev–Trinajstić information content (AvgIpc) is 3.35. The lowest BCUT2D eigenvalue weighted by Crippen LogP contribution is -2.37. The van der Waals surface area contributed by atoms with Crippen molar-refractivity contribution in [1.82, 2.24) is 14.5 Å². The van der Waals surface area contributed by atoms with Gasteiger partial charge in [-0.3, -0.25) is 14.2 Å². The van der Waals surface area contributed by atoms with Crippen LogP contribution in [-0.4, -0.2) is 34.8 Å². The Balaban J connectivity index is 1.77. The monoisotopic (exact) mass is 321 g/mol. The standard InChI is InChI=1S/C16H23N3O4/c1-18-10-13(15(21)19(2)16(18)22)6-7-14(20)17-8-3-9-23-11-12-4-5-12/h6-7,10,12H,3-5,8-9,11H2,1-2H3,(H,17,20)/b7-6-. The topological polar surface area (TPSA) is 82.3 Å². The number of hydrogen-bond acceptors (Lipinski definition) is 4. The van der Waals surface area contributed by atoms with Crippen molar-refractivity contribution in [2.75, 3.05) is 19.8 Å². The van der Waals surface area contributed by atoms with E-state index < -0.39 is 11.2 Å². The molecule has 23 heavy (non-hydrogen) atoms. The van der Waals surface area contributed by atoms with Crippen molar-refractivity contribution in [3.05, 3.63) is 38.7 Å². The second-order valence-corrected chi connectivity index (χ2v) is 5.84. The Morgan fingerprint density at radius 1 is 1.39 bits per heavy atom. The molecule has 126 valence electrons. The molecule has 0 saturated heterocycles. The van der Waals surface area contributed by atoms with Gasteiger partial charge in [0.2, 0.25) is 5.91 Å². The molecule has 0 atom stereocenters. The molecule has 1 aromatic rings. The van der Waals surface area contributed by atoms with Crippen LogP contribution in [0.2, 0.25) is 0 Å². The SMILES string of the molecule is Cn1cc(/C=C\C(=O)NCCCOCC2CC2)c(=O)n(C)c1=O. The molecule has 0 aliphatic heterocycles. The molecule has 1 aliphatic carbocycles. The second kappa shape index (κ2) is 7.92. The normalized spacial score (nSPS) is 14.3. The molecule has 1 aromatic heterocycles. The summed E-state index contributed by atoms with van der Waals surface area (Å²) in [5.74, 6) is 0.472. The number of rotatable bonds is 8. The van der Waals surface area contributed by atoms with Crippen LogP contribution in [0.15, 0.2) is 21.9 Å². The first-order chi connectivity index (χ1) is 11.0. The summed E-state index contributed by atoms with van der Waals surface area (Å²) in [5.41, 5.74) is -0.536. The van der Waals surface area contributed by atoms with Crippen molar-refractivity contribution in [2.24, 2.45) is 20.0 Å². The van der Waals surface area contributed by atoms with Crippen LogP contribution in [0.3, 0.4) is 0 Å². The quantitative estimate of drug-likeness (QED) is 0.541. The van der Waals surface area contributed by atoms with Crippen LogP contribution >= 0.6 is 0 Å². The number of amides is 1. The van der Waals surface area contributed by atoms with Crippen molar-refractivity contribution in [3.8, 4) is 0 Å². The molecule has 0 spiro atoms. The minimum absolute atomic E-state index is 0.275. The molecule has 0 bridgehead atoms. The summed E-state index contributed by atoms with van der Waals surface area (Å²) in [4.78, 5) is 35.2. The predicted octanol–water partition coefficient (Wildman–Crippen LogP) is 0.0301. The highest BCUT2D eigenvalue weighted by atomic mass is 16.5. The summed E-state index contributed by atoms with van der Waals surface area (Å²) in [6.07, 6.45) is 7.43. The lowest BCUT2D eigenvalue weighted by molar-refractivity contribution is -0.116. The maximum absolute atomic E-state index is 11.9. The minimum atomic E-state index is -0.425. The van der Waals surface area contributed by atoms with Gasteiger partial charge in [-0.25, -0.2) is 4.79 Å². The number of aryl methyl sites for hydroxylation is 1. The average molecular weight is 321 g/mol. The lowest BCUT2D eigenvalue weighted by atomic mass is 10.3. The molecular formula is C16H23N3O4. The maximum Gasteiger partial charge on any atom is 0.330 e. The van der Waals surface area contributed by atoms with E-state index in [4.69, 9.17) is 4.74 Å². The fourth-order valence-electron chi connectivity index (χ4n) is 2.10. The fraction of sp³-hybridized carbons (Fsp3) is 0.562. The van der Waals surface area contributed by atoms with Gasteiger partial charge in [0.1, 0.15) is 0 Å². The van der Waals surface area contributed by atoms with Crippen LogP contribution in [0.4, 0.5) is 0 Å². The highest BCUT2D eigenvalue weighted by Crippen LogP contribution is 2.28. The lowest BCUT2D eigenvalue weighted by Gasteiger charge is -2.04. The number of hydrogen-bond donors (Lipinski definition) is 1. The van der Waals surface area contributed by atoms with E-state index >= 15 is 0 Å². The van der Waals surface area contributed by atoms with E-state index in [1.807, 2.05) is 0 Å². The van der Waals surface area contributed by atoms with Crippen LogP contribution in [0.5, 0.6) is 0 Å². The van der Waals surface area contributed by atoms with Crippen LogP contribution in [0.1, 0.15) is 24.8 Å². The Labute approximate surface area is 134 Å². The first kappa shape index (κ1) is 17.2. The van der Waals surface area contributed by atoms with Crippen molar-refractivity contribution in [2.45, 2.75) is 19.3 Å². The smallest absolute Gasteiger partial charge is 0.330 e. The van der Waals surface area contributed by atoms with Gasteiger partial charge in [-0.15, -0.1) is 0 Å². The highest BCUT2D eigenvalue weighted by Gasteiger charge is 2.20. The summed E-state index contributed by atoms with van der Waals surface area (Å²) in [6, 6.07) is 0. The molecule has 1 heterocycles. The number of carbonyl (C=O) groups excluding carboxylic acids is 1. The summed E-state index contributed by atoms with van der Waals surface area (Å²) in [5, 5.41) is 2.73. The third kappa shape index (κ3) is 5.21. The van der Waals surface area contributed by atoms with Gasteiger partial charge in [0.05, 0.1) is 5.56 Å². The van der Waals surface area contributed by atoms with Crippen molar-refractivity contribution in [1.29, 1.82) is 0 Å². The zero-order chi connectivity index (χ0) is 16.8. The molecule has 2 rings (SSSR count). The molecule has 0 aromatic carbocycles. The molecule has 1 fully saturated rings. The highest BCUT2D eigenvalue weighted by molar-refractivity contribution is 5.91. The van der Waals surface area contributed by atoms with E-state index in [-0.39, 0.29) is 11.5 Å². The van der Waals surface area contributed by atoms with Crippen LogP contribution in [0.25, 0.3) is 6.08 Å². The Bertz CT molecular complexity index is 698. The van der Waals surface area contributed by atoms with Gasteiger partial charge in [0.15, 0.2) is 0 Å². The van der Waals surface area contributed by atoms with E-state index in [9.17, 15) is 14.4 Å². The van der Waals surface area contributed by atoms with E-state index in [1.54, 1.807) is 7.05 Å². The van der Waals surface area contributed by atoms with Crippen molar-refractivity contribution < 1.29 is 9.53 Å². The molecule has 0 radical (unpaired) electrons. The molecule has 1 aliphatic rings. The summed E-state index contributed by atoms with van der Waals surface area (Å²) in [7, 11) is 2.96. The number of nitrogens with zero attached hydrogens (tertiary/aromatic N) is 2. The molecule has 1 amide bonds. The minimum Gasteiger partial charge on any atom is -0.381 e. The van der Waals surface area contributed by atoms with E-state index in [2.05, 4.69) is 5.32 Å². The van der Waals surface area contributed by atoms with Gasteiger partial charge in [-0.05, 0) is 31.3 Å². The van der Waals surface area contributed by atoms with Gasteiger partial charge >= 0.3 is 5.69 Å². The summed E-state index contributed by atoms with van der Waals surface area (Å²) >= 11 is 0. The Hall–Kier alpha value is -2.15. The van der Waals surface area contributed by atoms with Gasteiger partial charge in [-0.2, -0.15) is 0 Å². The fourth-order valence-corrected chi connectivity index (χ4v) is 2.10. The van der Waals surface area contributed by atoms with Crippen LogP contribution in [0, 0.1) is 5.92 Å². The van der Waals surface area contributed by atoms with Crippen molar-refractivity contribution in [3.63, 3.8) is 0 Å². The van der Waals surface area contributed by atoms with Gasteiger partial charge in [0, 0.05) is 46.1 Å². The molecule has 7 heteroatoms. The molecular weight excluding hydrogens is 298 g/mol. The van der Waals surface area contributed by atoms with Crippen molar-refractivity contribution >= 4 is 12.0 Å². The maximum atomic E-state index is 11.9. The summed E-state index contributed by atoms with van der Waals surface area (Å²) < 4.78 is 7.79. The number of aromatic nitrogens is 2. The molecule has 1 N–H and O–H groups in total. The third-order valence-corrected chi connectivity index (χ3v) is 3.70. The van der Waals surface area contributed by atoms with Crippen LogP contribution < -0.4 is 16.6 Å². The van der Waals surface area contributed by atoms with E-state index in [0.29, 0.717) is 13.2 Å². The molecule has 1 saturated carbocycles. The number of nitrogens with one attached hydrogen (secondary N) is 1. The first-order valence-electron chi connectivity index (χ1n) is 7.79. The Morgan fingerprint density at radius 2 is 2.13 bits per heavy atom.